The lowest BCUT2D eigenvalue weighted by atomic mass is 10.1. The number of nitrogens with two attached hydrogens (primary N) is 1. The third-order valence-corrected chi connectivity index (χ3v) is 4.16. The van der Waals surface area contributed by atoms with Gasteiger partial charge in [-0.05, 0) is 35.9 Å². The van der Waals surface area contributed by atoms with Crippen molar-refractivity contribution in [1.82, 2.24) is 0 Å². The fraction of sp³-hybridized carbons (Fsp3) is 0.0714. The van der Waals surface area contributed by atoms with Crippen molar-refractivity contribution in [3.8, 4) is 0 Å². The van der Waals surface area contributed by atoms with Gasteiger partial charge in [-0.15, -0.1) is 11.8 Å². The predicted octanol–water partition coefficient (Wildman–Crippen LogP) is 4.16. The highest BCUT2D eigenvalue weighted by Gasteiger charge is 2.06. The first kappa shape index (κ1) is 14.1. The molecule has 0 bridgehead atoms. The molecule has 19 heavy (non-hydrogen) atoms. The summed E-state index contributed by atoms with van der Waals surface area (Å²) in [5, 5.41) is 7.26. The van der Waals surface area contributed by atoms with Crippen molar-refractivity contribution in [2.45, 2.75) is 10.6 Å². The Morgan fingerprint density at radius 3 is 2.47 bits per heavy atom. The van der Waals surface area contributed by atoms with Crippen LogP contribution >= 0.6 is 27.7 Å². The zero-order valence-electron chi connectivity index (χ0n) is 9.99. The van der Waals surface area contributed by atoms with Crippen LogP contribution < -0.4 is 5.73 Å². The minimum atomic E-state index is -0.322. The molecule has 0 aliphatic heterocycles. The molecule has 0 aliphatic rings. The molecule has 98 valence electrons. The number of thioether (sulfide) groups is 1. The first-order valence-corrected chi connectivity index (χ1v) is 7.35. The summed E-state index contributed by atoms with van der Waals surface area (Å²) < 4.78 is 14.8. The van der Waals surface area contributed by atoms with E-state index in [4.69, 9.17) is 11.1 Å². The van der Waals surface area contributed by atoms with Gasteiger partial charge in [0.15, 0.2) is 0 Å². The number of benzene rings is 2. The van der Waals surface area contributed by atoms with Gasteiger partial charge >= 0.3 is 0 Å². The molecule has 5 heteroatoms. The molecular weight excluding hydrogens is 327 g/mol. The zero-order valence-corrected chi connectivity index (χ0v) is 12.4. The molecule has 0 saturated heterocycles. The Morgan fingerprint density at radius 2 is 1.89 bits per heavy atom. The highest BCUT2D eigenvalue weighted by molar-refractivity contribution is 9.10. The van der Waals surface area contributed by atoms with Crippen LogP contribution in [0.15, 0.2) is 51.8 Å². The maximum absolute atomic E-state index is 13.8. The number of rotatable bonds is 4. The molecule has 2 rings (SSSR count). The van der Waals surface area contributed by atoms with E-state index in [1.165, 1.54) is 6.07 Å². The van der Waals surface area contributed by atoms with Crippen molar-refractivity contribution in [3.05, 3.63) is 63.9 Å². The highest BCUT2D eigenvalue weighted by Crippen LogP contribution is 2.25. The van der Waals surface area contributed by atoms with Crippen LogP contribution in [-0.4, -0.2) is 5.84 Å². The summed E-state index contributed by atoms with van der Waals surface area (Å²) in [5.74, 6) is 0.106. The number of amidine groups is 1. The lowest BCUT2D eigenvalue weighted by Gasteiger charge is -2.06. The number of hydrogen-bond donors (Lipinski definition) is 2. The monoisotopic (exact) mass is 338 g/mol. The van der Waals surface area contributed by atoms with Crippen LogP contribution in [0.3, 0.4) is 0 Å². The Morgan fingerprint density at radius 1 is 1.21 bits per heavy atom. The molecule has 0 aromatic heterocycles. The summed E-state index contributed by atoms with van der Waals surface area (Å²) >= 11 is 4.94. The Bertz CT molecular complexity index is 599. The SMILES string of the molecule is N=C(N)c1ccc(CSc2ccc(Br)cc2)c(F)c1. The predicted molar refractivity (Wildman–Crippen MR) is 81.1 cm³/mol. The molecule has 2 aromatic carbocycles. The van der Waals surface area contributed by atoms with Crippen LogP contribution in [-0.2, 0) is 5.75 Å². The molecule has 0 heterocycles. The molecule has 3 N–H and O–H groups in total. The number of nitrogen functional groups attached to an aromatic ring is 1. The first-order chi connectivity index (χ1) is 9.06. The van der Waals surface area contributed by atoms with Crippen LogP contribution in [0, 0.1) is 11.2 Å². The standard InChI is InChI=1S/C14H12BrFN2S/c15-11-3-5-12(6-4-11)19-8-10-2-1-9(14(17)18)7-13(10)16/h1-7H,8H2,(H3,17,18). The summed E-state index contributed by atoms with van der Waals surface area (Å²) in [6, 6.07) is 12.5. The van der Waals surface area contributed by atoms with Crippen LogP contribution in [0.25, 0.3) is 0 Å². The molecular formula is C14H12BrFN2S. The first-order valence-electron chi connectivity index (χ1n) is 5.57. The Labute approximate surface area is 123 Å². The minimum absolute atomic E-state index is 0.119. The van der Waals surface area contributed by atoms with Gasteiger partial charge in [-0.25, -0.2) is 4.39 Å². The van der Waals surface area contributed by atoms with E-state index in [-0.39, 0.29) is 11.7 Å². The maximum Gasteiger partial charge on any atom is 0.127 e. The molecule has 2 aromatic rings. The molecule has 2 nitrogen and oxygen atoms in total. The van der Waals surface area contributed by atoms with Crippen molar-refractivity contribution < 1.29 is 4.39 Å². The summed E-state index contributed by atoms with van der Waals surface area (Å²) in [5.41, 5.74) is 6.34. The Hall–Kier alpha value is -1.33. The fourth-order valence-electron chi connectivity index (χ4n) is 1.52. The molecule has 0 atom stereocenters. The van der Waals surface area contributed by atoms with Crippen molar-refractivity contribution in [1.29, 1.82) is 5.41 Å². The number of hydrogen-bond acceptors (Lipinski definition) is 2. The summed E-state index contributed by atoms with van der Waals surface area (Å²) in [6.45, 7) is 0. The highest BCUT2D eigenvalue weighted by atomic mass is 79.9. The lowest BCUT2D eigenvalue weighted by molar-refractivity contribution is 0.617. The third-order valence-electron chi connectivity index (χ3n) is 2.57. The molecule has 0 spiro atoms. The average Bonchev–Trinajstić information content (AvgIpc) is 2.39. The van der Waals surface area contributed by atoms with Gasteiger partial charge in [0.05, 0.1) is 0 Å². The van der Waals surface area contributed by atoms with Gasteiger partial charge in [-0.2, -0.15) is 0 Å². The van der Waals surface area contributed by atoms with Crippen molar-refractivity contribution in [2.75, 3.05) is 0 Å². The average molecular weight is 339 g/mol. The van der Waals surface area contributed by atoms with E-state index >= 15 is 0 Å². The van der Waals surface area contributed by atoms with Gasteiger partial charge in [-0.3, -0.25) is 5.41 Å². The Balaban J connectivity index is 2.07. The van der Waals surface area contributed by atoms with E-state index in [9.17, 15) is 4.39 Å². The van der Waals surface area contributed by atoms with Crippen molar-refractivity contribution >= 4 is 33.5 Å². The van der Waals surface area contributed by atoms with Gasteiger partial charge in [0.1, 0.15) is 11.7 Å². The Kier molecular flexibility index (Phi) is 4.61. The van der Waals surface area contributed by atoms with Gasteiger partial charge in [0.2, 0.25) is 0 Å². The molecule has 0 saturated carbocycles. The zero-order chi connectivity index (χ0) is 13.8. The van der Waals surface area contributed by atoms with Crippen molar-refractivity contribution in [3.63, 3.8) is 0 Å². The quantitative estimate of drug-likeness (QED) is 0.499. The number of halogens is 2. The lowest BCUT2D eigenvalue weighted by Crippen LogP contribution is -2.11. The smallest absolute Gasteiger partial charge is 0.127 e. The second-order valence-electron chi connectivity index (χ2n) is 3.96. The topological polar surface area (TPSA) is 49.9 Å². The van der Waals surface area contributed by atoms with Crippen LogP contribution in [0.1, 0.15) is 11.1 Å². The fourth-order valence-corrected chi connectivity index (χ4v) is 2.67. The second kappa shape index (κ2) is 6.21. The second-order valence-corrected chi connectivity index (χ2v) is 5.93. The van der Waals surface area contributed by atoms with Gasteiger partial charge in [-0.1, -0.05) is 28.1 Å². The summed E-state index contributed by atoms with van der Waals surface area (Å²) in [6.07, 6.45) is 0. The van der Waals surface area contributed by atoms with E-state index in [1.54, 1.807) is 23.9 Å². The van der Waals surface area contributed by atoms with E-state index in [0.29, 0.717) is 16.9 Å². The van der Waals surface area contributed by atoms with Crippen molar-refractivity contribution in [2.24, 2.45) is 5.73 Å². The molecule has 0 unspecified atom stereocenters. The van der Waals surface area contributed by atoms with Gasteiger partial charge < -0.3 is 5.73 Å². The summed E-state index contributed by atoms with van der Waals surface area (Å²) in [7, 11) is 0. The maximum atomic E-state index is 13.8. The van der Waals surface area contributed by atoms with Gasteiger partial charge in [0.25, 0.3) is 0 Å². The summed E-state index contributed by atoms with van der Waals surface area (Å²) in [4.78, 5) is 1.08. The normalized spacial score (nSPS) is 10.4. The van der Waals surface area contributed by atoms with Crippen LogP contribution in [0.4, 0.5) is 4.39 Å². The largest absolute Gasteiger partial charge is 0.384 e. The van der Waals surface area contributed by atoms with E-state index in [1.807, 2.05) is 24.3 Å². The van der Waals surface area contributed by atoms with Crippen LogP contribution in [0.5, 0.6) is 0 Å². The third kappa shape index (κ3) is 3.81. The molecule has 0 fully saturated rings. The number of nitrogens with one attached hydrogen (secondary N) is 1. The van der Waals surface area contributed by atoms with E-state index < -0.39 is 0 Å². The van der Waals surface area contributed by atoms with E-state index in [2.05, 4.69) is 15.9 Å². The minimum Gasteiger partial charge on any atom is -0.384 e. The molecule has 0 radical (unpaired) electrons. The molecule has 0 aliphatic carbocycles. The van der Waals surface area contributed by atoms with Gasteiger partial charge in [0, 0.05) is 20.7 Å². The van der Waals surface area contributed by atoms with E-state index in [0.717, 1.165) is 9.37 Å². The van der Waals surface area contributed by atoms with Crippen LogP contribution in [0.2, 0.25) is 0 Å². The molecule has 0 amide bonds.